The van der Waals surface area contributed by atoms with Gasteiger partial charge in [0, 0.05) is 30.3 Å². The van der Waals surface area contributed by atoms with Gasteiger partial charge in [0.25, 0.3) is 5.69 Å². The van der Waals surface area contributed by atoms with E-state index in [2.05, 4.69) is 4.98 Å². The molecule has 2 aromatic rings. The Bertz CT molecular complexity index is 853. The predicted molar refractivity (Wildman–Crippen MR) is 95.0 cm³/mol. The van der Waals surface area contributed by atoms with Gasteiger partial charge in [-0.2, -0.15) is 0 Å². The summed E-state index contributed by atoms with van der Waals surface area (Å²) in [6, 6.07) is 8.42. The lowest BCUT2D eigenvalue weighted by Crippen LogP contribution is -2.35. The smallest absolute Gasteiger partial charge is 0.413 e. The molecule has 2 heterocycles. The first kappa shape index (κ1) is 17.7. The van der Waals surface area contributed by atoms with Crippen LogP contribution in [0.4, 0.5) is 16.3 Å². The number of carboxylic acid groups (broad SMARTS) is 1. The van der Waals surface area contributed by atoms with Crippen molar-refractivity contribution in [2.75, 3.05) is 18.1 Å². The average molecular weight is 357 g/mol. The molecular weight excluding hydrogens is 338 g/mol. The summed E-state index contributed by atoms with van der Waals surface area (Å²) in [4.78, 5) is 27.5. The van der Waals surface area contributed by atoms with Crippen LogP contribution in [0.5, 0.6) is 5.75 Å². The number of fused-ring (bicyclic) bond motifs is 1. The fraction of sp³-hybridized carbons (Fsp3) is 0.333. The van der Waals surface area contributed by atoms with Gasteiger partial charge in [-0.1, -0.05) is 6.07 Å². The molecule has 1 aliphatic heterocycles. The first-order valence-electron chi connectivity index (χ1n) is 8.33. The third-order valence-corrected chi connectivity index (χ3v) is 4.32. The minimum absolute atomic E-state index is 0.0578. The fourth-order valence-corrected chi connectivity index (χ4v) is 3.00. The normalized spacial score (nSPS) is 13.2. The molecule has 0 bridgehead atoms. The second-order valence-corrected chi connectivity index (χ2v) is 6.13. The Labute approximate surface area is 150 Å². The van der Waals surface area contributed by atoms with Gasteiger partial charge in [-0.05, 0) is 43.5 Å². The number of hydrogen-bond acceptors (Lipinski definition) is 5. The number of hydrogen-bond donors (Lipinski definition) is 1. The molecule has 3 rings (SSSR count). The molecule has 0 aliphatic carbocycles. The number of nitrogens with zero attached hydrogens (tertiary/aromatic N) is 3. The van der Waals surface area contributed by atoms with E-state index in [1.807, 2.05) is 12.1 Å². The molecule has 1 aromatic carbocycles. The van der Waals surface area contributed by atoms with Crippen molar-refractivity contribution in [3.8, 4) is 5.75 Å². The Balaban J connectivity index is 1.65. The number of aryl methyl sites for hydroxylation is 2. The Kier molecular flexibility index (Phi) is 5.01. The number of ether oxygens (including phenoxy) is 1. The maximum Gasteiger partial charge on any atom is 0.413 e. The average Bonchev–Trinajstić information content (AvgIpc) is 2.60. The van der Waals surface area contributed by atoms with Gasteiger partial charge >= 0.3 is 6.09 Å². The molecule has 0 unspecified atom stereocenters. The summed E-state index contributed by atoms with van der Waals surface area (Å²) in [6.45, 7) is 2.46. The largest absolute Gasteiger partial charge is 0.493 e. The highest BCUT2D eigenvalue weighted by Gasteiger charge is 2.23. The molecule has 1 N–H and O–H groups in total. The van der Waals surface area contributed by atoms with E-state index in [1.165, 1.54) is 11.0 Å². The number of carbonyl (C=O) groups is 1. The zero-order chi connectivity index (χ0) is 18.7. The maximum atomic E-state index is 11.3. The van der Waals surface area contributed by atoms with Gasteiger partial charge in [0.2, 0.25) is 0 Å². The molecule has 136 valence electrons. The molecule has 1 amide bonds. The van der Waals surface area contributed by atoms with Gasteiger partial charge in [0.15, 0.2) is 0 Å². The zero-order valence-electron chi connectivity index (χ0n) is 14.3. The molecule has 0 spiro atoms. The van der Waals surface area contributed by atoms with Crippen LogP contribution in [0.2, 0.25) is 0 Å². The number of nitro benzene ring substituents is 1. The predicted octanol–water partition coefficient (Wildman–Crippen LogP) is 3.35. The summed E-state index contributed by atoms with van der Waals surface area (Å²) < 4.78 is 5.65. The highest BCUT2D eigenvalue weighted by atomic mass is 16.6. The van der Waals surface area contributed by atoms with E-state index >= 15 is 0 Å². The minimum Gasteiger partial charge on any atom is -0.493 e. The van der Waals surface area contributed by atoms with Gasteiger partial charge < -0.3 is 9.84 Å². The van der Waals surface area contributed by atoms with Crippen LogP contribution in [0.25, 0.3) is 0 Å². The first-order valence-corrected chi connectivity index (χ1v) is 8.33. The number of nitro groups is 1. The third kappa shape index (κ3) is 3.74. The lowest BCUT2D eigenvalue weighted by atomic mass is 10.1. The summed E-state index contributed by atoms with van der Waals surface area (Å²) in [5, 5.41) is 20.1. The molecule has 0 atom stereocenters. The lowest BCUT2D eigenvalue weighted by Gasteiger charge is -2.26. The zero-order valence-corrected chi connectivity index (χ0v) is 14.3. The van der Waals surface area contributed by atoms with E-state index in [1.54, 1.807) is 19.1 Å². The van der Waals surface area contributed by atoms with Crippen LogP contribution < -0.4 is 9.64 Å². The Hall–Kier alpha value is -3.16. The van der Waals surface area contributed by atoms with Crippen molar-refractivity contribution in [3.05, 3.63) is 57.3 Å². The molecule has 0 radical (unpaired) electrons. The fourth-order valence-electron chi connectivity index (χ4n) is 3.00. The van der Waals surface area contributed by atoms with E-state index in [-0.39, 0.29) is 5.69 Å². The van der Waals surface area contributed by atoms with E-state index < -0.39 is 11.0 Å². The number of rotatable bonds is 5. The Morgan fingerprint density at radius 1 is 1.38 bits per heavy atom. The standard InChI is InChI=1S/C18H19N3O5/c1-12-11-15(6-7-16(12)21(24)25)26-10-8-14-5-4-13-3-2-9-20(18(22)23)17(13)19-14/h4-7,11H,2-3,8-10H2,1H3,(H,22,23). The quantitative estimate of drug-likeness (QED) is 0.650. The molecular formula is C18H19N3O5. The highest BCUT2D eigenvalue weighted by Crippen LogP contribution is 2.26. The Morgan fingerprint density at radius 2 is 2.19 bits per heavy atom. The molecule has 8 nitrogen and oxygen atoms in total. The van der Waals surface area contributed by atoms with Crippen LogP contribution in [-0.4, -0.2) is 34.3 Å². The van der Waals surface area contributed by atoms with Crippen molar-refractivity contribution >= 4 is 17.6 Å². The van der Waals surface area contributed by atoms with Crippen molar-refractivity contribution in [1.29, 1.82) is 0 Å². The van der Waals surface area contributed by atoms with E-state index in [0.717, 1.165) is 24.1 Å². The minimum atomic E-state index is -0.992. The number of aromatic nitrogens is 1. The van der Waals surface area contributed by atoms with Crippen molar-refractivity contribution in [1.82, 2.24) is 4.98 Å². The second-order valence-electron chi connectivity index (χ2n) is 6.13. The molecule has 0 fully saturated rings. The summed E-state index contributed by atoms with van der Waals surface area (Å²) in [7, 11) is 0. The Morgan fingerprint density at radius 3 is 2.88 bits per heavy atom. The number of benzene rings is 1. The highest BCUT2D eigenvalue weighted by molar-refractivity contribution is 5.86. The molecule has 1 aliphatic rings. The van der Waals surface area contributed by atoms with E-state index in [4.69, 9.17) is 4.74 Å². The van der Waals surface area contributed by atoms with Crippen LogP contribution in [0.15, 0.2) is 30.3 Å². The van der Waals surface area contributed by atoms with Gasteiger partial charge in [-0.3, -0.25) is 15.0 Å². The van der Waals surface area contributed by atoms with Gasteiger partial charge in [0.05, 0.1) is 11.5 Å². The van der Waals surface area contributed by atoms with Crippen molar-refractivity contribution < 1.29 is 19.6 Å². The third-order valence-electron chi connectivity index (χ3n) is 4.32. The molecule has 0 saturated heterocycles. The summed E-state index contributed by atoms with van der Waals surface area (Å²) >= 11 is 0. The monoisotopic (exact) mass is 357 g/mol. The second kappa shape index (κ2) is 7.38. The topological polar surface area (TPSA) is 106 Å². The molecule has 1 aromatic heterocycles. The molecule has 8 heteroatoms. The van der Waals surface area contributed by atoms with Crippen molar-refractivity contribution in [2.24, 2.45) is 0 Å². The van der Waals surface area contributed by atoms with Gasteiger partial charge in [-0.15, -0.1) is 0 Å². The SMILES string of the molecule is Cc1cc(OCCc2ccc3c(n2)N(C(=O)O)CCC3)ccc1[N+](=O)[O-]. The van der Waals surface area contributed by atoms with Crippen molar-refractivity contribution in [3.63, 3.8) is 0 Å². The van der Waals surface area contributed by atoms with E-state index in [0.29, 0.717) is 36.7 Å². The van der Waals surface area contributed by atoms with Crippen LogP contribution in [0, 0.1) is 17.0 Å². The van der Waals surface area contributed by atoms with Crippen LogP contribution in [-0.2, 0) is 12.8 Å². The number of amides is 1. The first-order chi connectivity index (χ1) is 12.5. The lowest BCUT2D eigenvalue weighted by molar-refractivity contribution is -0.385. The maximum absolute atomic E-state index is 11.3. The van der Waals surface area contributed by atoms with E-state index in [9.17, 15) is 20.0 Å². The molecule has 0 saturated carbocycles. The van der Waals surface area contributed by atoms with Crippen LogP contribution in [0.3, 0.4) is 0 Å². The summed E-state index contributed by atoms with van der Waals surface area (Å²) in [5.41, 5.74) is 2.28. The van der Waals surface area contributed by atoms with Crippen LogP contribution >= 0.6 is 0 Å². The number of anilines is 1. The number of pyridine rings is 1. The van der Waals surface area contributed by atoms with Crippen molar-refractivity contribution in [2.45, 2.75) is 26.2 Å². The van der Waals surface area contributed by atoms with Crippen LogP contribution in [0.1, 0.15) is 23.2 Å². The summed E-state index contributed by atoms with van der Waals surface area (Å²) in [6.07, 6.45) is 1.14. The molecule has 26 heavy (non-hydrogen) atoms. The van der Waals surface area contributed by atoms with Gasteiger partial charge in [-0.25, -0.2) is 9.78 Å². The van der Waals surface area contributed by atoms with Gasteiger partial charge in [0.1, 0.15) is 11.6 Å². The summed E-state index contributed by atoms with van der Waals surface area (Å²) in [5.74, 6) is 1.06.